The summed E-state index contributed by atoms with van der Waals surface area (Å²) in [6.07, 6.45) is 0.667. The van der Waals surface area contributed by atoms with Gasteiger partial charge in [-0.2, -0.15) is 0 Å². The van der Waals surface area contributed by atoms with Crippen molar-refractivity contribution in [1.29, 1.82) is 0 Å². The highest BCUT2D eigenvalue weighted by atomic mass is 16.1. The number of nitrogens with two attached hydrogens (primary N) is 2. The van der Waals surface area contributed by atoms with Crippen molar-refractivity contribution in [2.45, 2.75) is 18.9 Å². The summed E-state index contributed by atoms with van der Waals surface area (Å²) in [6, 6.07) is 0. The molecule has 70 valence electrons. The fraction of sp³-hybridized carbons (Fsp3) is 0.875. The first-order chi connectivity index (χ1) is 5.47. The minimum Gasteiger partial charge on any atom is -0.368 e. The fourth-order valence-electron chi connectivity index (χ4n) is 1.71. The molecular weight excluding hydrogens is 154 g/mol. The van der Waals surface area contributed by atoms with Crippen LogP contribution in [0.4, 0.5) is 0 Å². The Kier molecular flexibility index (Phi) is 2.39. The number of likely N-dealkylation sites (tertiary alicyclic amines) is 1. The van der Waals surface area contributed by atoms with Crippen LogP contribution in [0.3, 0.4) is 0 Å². The quantitative estimate of drug-likeness (QED) is 0.539. The van der Waals surface area contributed by atoms with E-state index in [0.717, 1.165) is 13.1 Å². The van der Waals surface area contributed by atoms with Crippen LogP contribution in [0.2, 0.25) is 0 Å². The Bertz CT molecular complexity index is 195. The van der Waals surface area contributed by atoms with Crippen molar-refractivity contribution in [3.8, 4) is 0 Å². The number of primary amides is 1. The van der Waals surface area contributed by atoms with E-state index in [-0.39, 0.29) is 11.8 Å². The molecule has 0 aromatic carbocycles. The summed E-state index contributed by atoms with van der Waals surface area (Å²) < 4.78 is 0. The molecule has 1 aliphatic rings. The van der Waals surface area contributed by atoms with Gasteiger partial charge in [-0.25, -0.2) is 0 Å². The molecule has 1 amide bonds. The maximum absolute atomic E-state index is 11.1. The maximum Gasteiger partial charge on any atom is 0.237 e. The molecule has 0 spiro atoms. The zero-order valence-corrected chi connectivity index (χ0v) is 7.71. The van der Waals surface area contributed by atoms with Gasteiger partial charge in [-0.05, 0) is 19.4 Å². The number of nitrogens with zero attached hydrogens (tertiary/aromatic N) is 1. The molecule has 0 saturated carbocycles. The van der Waals surface area contributed by atoms with Gasteiger partial charge in [0.25, 0.3) is 0 Å². The largest absolute Gasteiger partial charge is 0.368 e. The van der Waals surface area contributed by atoms with Crippen LogP contribution >= 0.6 is 0 Å². The summed E-state index contributed by atoms with van der Waals surface area (Å²) in [5.41, 5.74) is 10.4. The van der Waals surface area contributed by atoms with E-state index in [2.05, 4.69) is 4.90 Å². The number of hydrogen-bond acceptors (Lipinski definition) is 3. The van der Waals surface area contributed by atoms with Crippen molar-refractivity contribution in [2.75, 3.05) is 20.1 Å². The second-order valence-electron chi connectivity index (χ2n) is 3.82. The van der Waals surface area contributed by atoms with Crippen LogP contribution in [-0.4, -0.2) is 36.5 Å². The lowest BCUT2D eigenvalue weighted by Gasteiger charge is -2.40. The first-order valence-corrected chi connectivity index (χ1v) is 4.24. The predicted octanol–water partition coefficient (Wildman–Crippen LogP) is -0.859. The number of carbonyl (C=O) groups is 1. The third kappa shape index (κ3) is 1.44. The Labute approximate surface area is 72.9 Å². The molecule has 0 bridgehead atoms. The van der Waals surface area contributed by atoms with Gasteiger partial charge in [0.15, 0.2) is 0 Å². The van der Waals surface area contributed by atoms with Gasteiger partial charge in [0, 0.05) is 13.1 Å². The Morgan fingerprint density at radius 1 is 1.67 bits per heavy atom. The molecular formula is C8H17N3O. The Morgan fingerprint density at radius 2 is 2.25 bits per heavy atom. The summed E-state index contributed by atoms with van der Waals surface area (Å²) in [7, 11) is 2.02. The highest BCUT2D eigenvalue weighted by Crippen LogP contribution is 2.24. The number of rotatable bonds is 1. The Balaban J connectivity index is 2.72. The van der Waals surface area contributed by atoms with Crippen LogP contribution in [0.1, 0.15) is 13.3 Å². The van der Waals surface area contributed by atoms with Crippen molar-refractivity contribution < 1.29 is 4.79 Å². The van der Waals surface area contributed by atoms with Gasteiger partial charge in [0.2, 0.25) is 5.91 Å². The summed E-state index contributed by atoms with van der Waals surface area (Å²) in [6.45, 7) is 3.67. The molecule has 0 aromatic heterocycles. The summed E-state index contributed by atoms with van der Waals surface area (Å²) in [5, 5.41) is 0. The van der Waals surface area contributed by atoms with E-state index in [1.807, 2.05) is 14.0 Å². The molecule has 0 radical (unpaired) electrons. The van der Waals surface area contributed by atoms with Gasteiger partial charge in [0.1, 0.15) is 5.54 Å². The molecule has 1 rings (SSSR count). The molecule has 1 saturated heterocycles. The second kappa shape index (κ2) is 3.03. The van der Waals surface area contributed by atoms with Crippen molar-refractivity contribution >= 4 is 5.91 Å². The first kappa shape index (κ1) is 9.48. The summed E-state index contributed by atoms with van der Waals surface area (Å²) in [4.78, 5) is 13.2. The molecule has 1 heterocycles. The zero-order chi connectivity index (χ0) is 9.35. The summed E-state index contributed by atoms with van der Waals surface area (Å²) >= 11 is 0. The lowest BCUT2D eigenvalue weighted by molar-refractivity contribution is -0.126. The standard InChI is InChI=1S/C8H17N3O/c1-6-5-11(2)4-3-8(6,10)7(9)12/h6H,3-5,10H2,1-2H3,(H2,9,12). The van der Waals surface area contributed by atoms with Gasteiger partial charge in [-0.15, -0.1) is 0 Å². The van der Waals surface area contributed by atoms with Crippen LogP contribution in [0.25, 0.3) is 0 Å². The van der Waals surface area contributed by atoms with Gasteiger partial charge in [-0.3, -0.25) is 4.79 Å². The Morgan fingerprint density at radius 3 is 2.67 bits per heavy atom. The van der Waals surface area contributed by atoms with E-state index < -0.39 is 5.54 Å². The molecule has 1 aliphatic heterocycles. The monoisotopic (exact) mass is 171 g/mol. The Hall–Kier alpha value is -0.610. The van der Waals surface area contributed by atoms with Crippen LogP contribution in [0.15, 0.2) is 0 Å². The van der Waals surface area contributed by atoms with E-state index in [1.54, 1.807) is 0 Å². The van der Waals surface area contributed by atoms with Crippen LogP contribution in [0, 0.1) is 5.92 Å². The number of amides is 1. The molecule has 2 atom stereocenters. The van der Waals surface area contributed by atoms with Gasteiger partial charge >= 0.3 is 0 Å². The van der Waals surface area contributed by atoms with E-state index in [0.29, 0.717) is 6.42 Å². The highest BCUT2D eigenvalue weighted by Gasteiger charge is 2.41. The normalized spacial score (nSPS) is 38.1. The lowest BCUT2D eigenvalue weighted by atomic mass is 9.79. The average molecular weight is 171 g/mol. The third-order valence-electron chi connectivity index (χ3n) is 2.83. The summed E-state index contributed by atoms with van der Waals surface area (Å²) in [5.74, 6) is -0.225. The average Bonchev–Trinajstić information content (AvgIpc) is 1.97. The van der Waals surface area contributed by atoms with E-state index in [9.17, 15) is 4.79 Å². The number of piperidine rings is 1. The maximum atomic E-state index is 11.1. The number of hydrogen-bond donors (Lipinski definition) is 2. The van der Waals surface area contributed by atoms with Gasteiger partial charge in [-0.1, -0.05) is 6.92 Å². The smallest absolute Gasteiger partial charge is 0.237 e. The minimum atomic E-state index is -0.785. The van der Waals surface area contributed by atoms with Crippen molar-refractivity contribution in [2.24, 2.45) is 17.4 Å². The minimum absolute atomic E-state index is 0.147. The van der Waals surface area contributed by atoms with Crippen LogP contribution < -0.4 is 11.5 Å². The van der Waals surface area contributed by atoms with Crippen molar-refractivity contribution in [3.05, 3.63) is 0 Å². The molecule has 4 N–H and O–H groups in total. The first-order valence-electron chi connectivity index (χ1n) is 4.24. The van der Waals surface area contributed by atoms with Gasteiger partial charge in [0.05, 0.1) is 0 Å². The molecule has 4 heteroatoms. The molecule has 0 aromatic rings. The van der Waals surface area contributed by atoms with E-state index in [1.165, 1.54) is 0 Å². The highest BCUT2D eigenvalue weighted by molar-refractivity contribution is 5.84. The van der Waals surface area contributed by atoms with E-state index in [4.69, 9.17) is 11.5 Å². The van der Waals surface area contributed by atoms with Crippen LogP contribution in [0.5, 0.6) is 0 Å². The van der Waals surface area contributed by atoms with Crippen molar-refractivity contribution in [3.63, 3.8) is 0 Å². The topological polar surface area (TPSA) is 72.3 Å². The fourth-order valence-corrected chi connectivity index (χ4v) is 1.71. The molecule has 0 aliphatic carbocycles. The molecule has 12 heavy (non-hydrogen) atoms. The third-order valence-corrected chi connectivity index (χ3v) is 2.83. The van der Waals surface area contributed by atoms with Gasteiger partial charge < -0.3 is 16.4 Å². The molecule has 4 nitrogen and oxygen atoms in total. The zero-order valence-electron chi connectivity index (χ0n) is 7.71. The van der Waals surface area contributed by atoms with Crippen LogP contribution in [-0.2, 0) is 4.79 Å². The molecule has 2 unspecified atom stereocenters. The van der Waals surface area contributed by atoms with Crippen molar-refractivity contribution in [1.82, 2.24) is 4.90 Å². The lowest BCUT2D eigenvalue weighted by Crippen LogP contribution is -2.62. The SMILES string of the molecule is CC1CN(C)CCC1(N)C(N)=O. The second-order valence-corrected chi connectivity index (χ2v) is 3.82. The molecule has 1 fully saturated rings. The van der Waals surface area contributed by atoms with E-state index >= 15 is 0 Å². The predicted molar refractivity (Wildman–Crippen MR) is 47.4 cm³/mol. The number of carbonyl (C=O) groups excluding carboxylic acids is 1.